The molecule has 0 atom stereocenters. The van der Waals surface area contributed by atoms with Crippen LogP contribution in [0.15, 0.2) is 41.1 Å². The average molecular weight is 406 g/mol. The summed E-state index contributed by atoms with van der Waals surface area (Å²) in [5, 5.41) is 4.00. The van der Waals surface area contributed by atoms with Crippen molar-refractivity contribution in [3.05, 3.63) is 59.3 Å². The second-order valence-electron chi connectivity index (χ2n) is 7.73. The molecular formula is C23H26N4O3. The van der Waals surface area contributed by atoms with Crippen LogP contribution in [0.25, 0.3) is 11.3 Å². The van der Waals surface area contributed by atoms with E-state index in [1.807, 2.05) is 55.3 Å². The third-order valence-electron chi connectivity index (χ3n) is 5.56. The molecule has 30 heavy (non-hydrogen) atoms. The van der Waals surface area contributed by atoms with Crippen molar-refractivity contribution >= 4 is 5.91 Å². The van der Waals surface area contributed by atoms with Crippen LogP contribution in [0.3, 0.4) is 0 Å². The Morgan fingerprint density at radius 2 is 2.03 bits per heavy atom. The molecule has 7 heteroatoms. The minimum absolute atomic E-state index is 0.145. The van der Waals surface area contributed by atoms with E-state index in [1.54, 1.807) is 7.11 Å². The predicted octanol–water partition coefficient (Wildman–Crippen LogP) is 3.71. The standard InChI is InChI=1S/C23H26N4O3/c1-15-11-21(30-26-15)20-14-24-16(2)25-23(20)18-7-9-27(10-8-18)22(28)13-17-5-4-6-19(12-17)29-3/h4-6,11-12,14,18H,7-10,13H2,1-3H3. The molecule has 156 valence electrons. The SMILES string of the molecule is COc1cccc(CC(=O)N2CCC(c3nc(C)ncc3-c3cc(C)no3)CC2)c1. The van der Waals surface area contributed by atoms with Crippen molar-refractivity contribution in [3.8, 4) is 17.1 Å². The number of methoxy groups -OCH3 is 1. The van der Waals surface area contributed by atoms with E-state index in [1.165, 1.54) is 0 Å². The van der Waals surface area contributed by atoms with Gasteiger partial charge in [-0.3, -0.25) is 4.79 Å². The van der Waals surface area contributed by atoms with Crippen molar-refractivity contribution in [2.75, 3.05) is 20.2 Å². The molecule has 0 spiro atoms. The molecule has 1 saturated heterocycles. The number of aromatic nitrogens is 3. The van der Waals surface area contributed by atoms with Crippen molar-refractivity contribution in [1.29, 1.82) is 0 Å². The Labute approximate surface area is 176 Å². The van der Waals surface area contributed by atoms with Crippen LogP contribution in [0.2, 0.25) is 0 Å². The number of hydrogen-bond donors (Lipinski definition) is 0. The monoisotopic (exact) mass is 406 g/mol. The van der Waals surface area contributed by atoms with E-state index in [9.17, 15) is 4.79 Å². The lowest BCUT2D eigenvalue weighted by Crippen LogP contribution is -2.39. The van der Waals surface area contributed by atoms with Crippen LogP contribution in [0.1, 0.15) is 41.5 Å². The first kappa shape index (κ1) is 20.1. The van der Waals surface area contributed by atoms with Gasteiger partial charge in [0.25, 0.3) is 0 Å². The minimum atomic E-state index is 0.145. The summed E-state index contributed by atoms with van der Waals surface area (Å²) in [5.74, 6) is 2.61. The van der Waals surface area contributed by atoms with E-state index < -0.39 is 0 Å². The third kappa shape index (κ3) is 4.35. The molecule has 0 unspecified atom stereocenters. The molecule has 0 radical (unpaired) electrons. The quantitative estimate of drug-likeness (QED) is 0.643. The Kier molecular flexibility index (Phi) is 5.79. The molecule has 3 heterocycles. The van der Waals surface area contributed by atoms with Crippen LogP contribution in [0, 0.1) is 13.8 Å². The highest BCUT2D eigenvalue weighted by molar-refractivity contribution is 5.79. The summed E-state index contributed by atoms with van der Waals surface area (Å²) < 4.78 is 10.7. The van der Waals surface area contributed by atoms with Gasteiger partial charge in [0.2, 0.25) is 5.91 Å². The molecule has 1 aliphatic heterocycles. The van der Waals surface area contributed by atoms with E-state index in [-0.39, 0.29) is 11.8 Å². The lowest BCUT2D eigenvalue weighted by atomic mass is 9.90. The number of ether oxygens (including phenoxy) is 1. The fraction of sp³-hybridized carbons (Fsp3) is 0.391. The van der Waals surface area contributed by atoms with Crippen molar-refractivity contribution in [2.45, 2.75) is 39.0 Å². The normalized spacial score (nSPS) is 14.7. The third-order valence-corrected chi connectivity index (χ3v) is 5.56. The van der Waals surface area contributed by atoms with Gasteiger partial charge in [-0.05, 0) is 44.4 Å². The number of carbonyl (C=O) groups is 1. The van der Waals surface area contributed by atoms with Gasteiger partial charge in [-0.1, -0.05) is 17.3 Å². The fourth-order valence-corrected chi connectivity index (χ4v) is 3.95. The van der Waals surface area contributed by atoms with Crippen LogP contribution in [0.5, 0.6) is 5.75 Å². The van der Waals surface area contributed by atoms with Gasteiger partial charge in [0.1, 0.15) is 11.6 Å². The second kappa shape index (κ2) is 8.65. The molecule has 1 amide bonds. The highest BCUT2D eigenvalue weighted by Crippen LogP contribution is 2.34. The molecule has 1 aromatic carbocycles. The van der Waals surface area contributed by atoms with Gasteiger partial charge in [0.15, 0.2) is 5.76 Å². The van der Waals surface area contributed by atoms with Crippen LogP contribution in [0.4, 0.5) is 0 Å². The van der Waals surface area contributed by atoms with Crippen molar-refractivity contribution in [2.24, 2.45) is 0 Å². The van der Waals surface area contributed by atoms with Gasteiger partial charge in [-0.2, -0.15) is 0 Å². The van der Waals surface area contributed by atoms with Gasteiger partial charge in [0, 0.05) is 31.3 Å². The molecule has 0 bridgehead atoms. The number of aryl methyl sites for hydroxylation is 2. The average Bonchev–Trinajstić information content (AvgIpc) is 3.20. The number of rotatable bonds is 5. The number of likely N-dealkylation sites (tertiary alicyclic amines) is 1. The van der Waals surface area contributed by atoms with E-state index in [2.05, 4.69) is 10.1 Å². The largest absolute Gasteiger partial charge is 0.497 e. The zero-order chi connectivity index (χ0) is 21.1. The maximum absolute atomic E-state index is 12.8. The maximum Gasteiger partial charge on any atom is 0.226 e. The second-order valence-corrected chi connectivity index (χ2v) is 7.73. The Balaban J connectivity index is 1.44. The number of amides is 1. The van der Waals surface area contributed by atoms with Gasteiger partial charge < -0.3 is 14.2 Å². The summed E-state index contributed by atoms with van der Waals surface area (Å²) in [6.45, 7) is 5.22. The molecule has 3 aromatic rings. The highest BCUT2D eigenvalue weighted by Gasteiger charge is 2.28. The number of nitrogens with zero attached hydrogens (tertiary/aromatic N) is 4. The first-order valence-electron chi connectivity index (χ1n) is 10.2. The summed E-state index contributed by atoms with van der Waals surface area (Å²) in [4.78, 5) is 23.8. The Bertz CT molecular complexity index is 1040. The molecule has 7 nitrogen and oxygen atoms in total. The first-order chi connectivity index (χ1) is 14.5. The smallest absolute Gasteiger partial charge is 0.226 e. The number of piperidine rings is 1. The molecule has 0 aliphatic carbocycles. The van der Waals surface area contributed by atoms with Gasteiger partial charge >= 0.3 is 0 Å². The van der Waals surface area contributed by atoms with Crippen LogP contribution >= 0.6 is 0 Å². The van der Waals surface area contributed by atoms with Crippen LogP contribution < -0.4 is 4.74 Å². The molecule has 0 saturated carbocycles. The fourth-order valence-electron chi connectivity index (χ4n) is 3.95. The minimum Gasteiger partial charge on any atom is -0.497 e. The number of hydrogen-bond acceptors (Lipinski definition) is 6. The zero-order valence-electron chi connectivity index (χ0n) is 17.6. The molecule has 1 aliphatic rings. The summed E-state index contributed by atoms with van der Waals surface area (Å²) in [6, 6.07) is 9.58. The Hall–Kier alpha value is -3.22. The van der Waals surface area contributed by atoms with Crippen LogP contribution in [-0.2, 0) is 11.2 Å². The maximum atomic E-state index is 12.8. The topological polar surface area (TPSA) is 81.4 Å². The predicted molar refractivity (Wildman–Crippen MR) is 112 cm³/mol. The summed E-state index contributed by atoms with van der Waals surface area (Å²) in [6.07, 6.45) is 3.93. The van der Waals surface area contributed by atoms with E-state index in [0.717, 1.165) is 46.9 Å². The van der Waals surface area contributed by atoms with Crippen molar-refractivity contribution in [1.82, 2.24) is 20.0 Å². The molecule has 4 rings (SSSR count). The van der Waals surface area contributed by atoms with Crippen molar-refractivity contribution in [3.63, 3.8) is 0 Å². The molecule has 2 aromatic heterocycles. The van der Waals surface area contributed by atoms with Crippen LogP contribution in [-0.4, -0.2) is 46.1 Å². The van der Waals surface area contributed by atoms with E-state index in [4.69, 9.17) is 14.2 Å². The molecule has 0 N–H and O–H groups in total. The molecular weight excluding hydrogens is 380 g/mol. The first-order valence-corrected chi connectivity index (χ1v) is 10.2. The van der Waals surface area contributed by atoms with Crippen molar-refractivity contribution < 1.29 is 14.1 Å². The summed E-state index contributed by atoms with van der Waals surface area (Å²) in [5.41, 5.74) is 3.67. The highest BCUT2D eigenvalue weighted by atomic mass is 16.5. The summed E-state index contributed by atoms with van der Waals surface area (Å²) >= 11 is 0. The lowest BCUT2D eigenvalue weighted by molar-refractivity contribution is -0.131. The van der Waals surface area contributed by atoms with Gasteiger partial charge in [-0.15, -0.1) is 0 Å². The number of carbonyl (C=O) groups excluding carboxylic acids is 1. The Morgan fingerprint density at radius 1 is 1.23 bits per heavy atom. The molecule has 1 fully saturated rings. The van der Waals surface area contributed by atoms with Gasteiger partial charge in [-0.25, -0.2) is 9.97 Å². The van der Waals surface area contributed by atoms with Gasteiger partial charge in [0.05, 0.1) is 30.5 Å². The zero-order valence-corrected chi connectivity index (χ0v) is 17.6. The van der Waals surface area contributed by atoms with E-state index in [0.29, 0.717) is 25.3 Å². The van der Waals surface area contributed by atoms with E-state index >= 15 is 0 Å². The summed E-state index contributed by atoms with van der Waals surface area (Å²) in [7, 11) is 1.63. The Morgan fingerprint density at radius 3 is 2.73 bits per heavy atom. The lowest BCUT2D eigenvalue weighted by Gasteiger charge is -2.32. The number of benzene rings is 1.